The summed E-state index contributed by atoms with van der Waals surface area (Å²) < 4.78 is 0. The van der Waals surface area contributed by atoms with Crippen LogP contribution in [0.25, 0.3) is 0 Å². The van der Waals surface area contributed by atoms with Crippen molar-refractivity contribution >= 4 is 23.3 Å². The molecule has 8 nitrogen and oxygen atoms in total. The van der Waals surface area contributed by atoms with Gasteiger partial charge in [0, 0.05) is 12.3 Å². The second-order valence-electron chi connectivity index (χ2n) is 6.41. The van der Waals surface area contributed by atoms with Gasteiger partial charge in [0.15, 0.2) is 11.4 Å². The highest BCUT2D eigenvalue weighted by Gasteiger charge is 2.13. The Kier molecular flexibility index (Phi) is 11.8. The Morgan fingerprint density at radius 3 is 2.15 bits per heavy atom. The number of nitrogens with one attached hydrogen (secondary N) is 3. The second kappa shape index (κ2) is 13.6. The van der Waals surface area contributed by atoms with Crippen molar-refractivity contribution in [3.05, 3.63) is 28.6 Å². The number of hydrogen-bond acceptors (Lipinski definition) is 6. The fourth-order valence-electron chi connectivity index (χ4n) is 2.68. The van der Waals surface area contributed by atoms with Crippen LogP contribution in [0.3, 0.4) is 0 Å². The van der Waals surface area contributed by atoms with Crippen LogP contribution in [-0.2, 0) is 0 Å². The molecule has 5 N–H and O–H groups in total. The van der Waals surface area contributed by atoms with E-state index in [0.717, 1.165) is 18.9 Å². The predicted molar refractivity (Wildman–Crippen MR) is 102 cm³/mol. The zero-order chi connectivity index (χ0) is 19.2. The number of anilines is 1. The molecule has 148 valence electrons. The van der Waals surface area contributed by atoms with Crippen molar-refractivity contribution in [2.75, 3.05) is 5.43 Å². The Morgan fingerprint density at radius 1 is 0.962 bits per heavy atom. The van der Waals surface area contributed by atoms with Gasteiger partial charge in [-0.15, -0.1) is 0 Å². The predicted octanol–water partition coefficient (Wildman–Crippen LogP) is 2.81. The molecule has 1 aromatic rings. The van der Waals surface area contributed by atoms with Gasteiger partial charge in [-0.1, -0.05) is 58.3 Å². The van der Waals surface area contributed by atoms with Crippen LogP contribution >= 0.6 is 0 Å². The van der Waals surface area contributed by atoms with E-state index in [2.05, 4.69) is 17.5 Å². The number of benzene rings is 1. The minimum Gasteiger partial charge on any atom is -0.595 e. The first kappa shape index (κ1) is 22.5. The van der Waals surface area contributed by atoms with Gasteiger partial charge in [0.2, 0.25) is 0 Å². The highest BCUT2D eigenvalue weighted by Crippen LogP contribution is 2.20. The number of rotatable bonds is 14. The molecular weight excluding hydrogens is 336 g/mol. The molecule has 0 aliphatic rings. The van der Waals surface area contributed by atoms with E-state index >= 15 is 0 Å². The smallest absolute Gasteiger partial charge is 0.195 e. The molecular formula is C18H32N4O4. The SMILES string of the molecule is CCCCCCCCCCCC=NNc1ccc([NH+]([O-])O)cc1[NH+]([O-])O. The van der Waals surface area contributed by atoms with Gasteiger partial charge in [-0.2, -0.15) is 15.6 Å². The van der Waals surface area contributed by atoms with Crippen molar-refractivity contribution in [3.63, 3.8) is 0 Å². The molecule has 0 amide bonds. The first-order chi connectivity index (χ1) is 12.6. The molecule has 26 heavy (non-hydrogen) atoms. The van der Waals surface area contributed by atoms with Crippen molar-refractivity contribution in [1.82, 2.24) is 0 Å². The van der Waals surface area contributed by atoms with Crippen LogP contribution in [0.15, 0.2) is 23.3 Å². The van der Waals surface area contributed by atoms with Gasteiger partial charge in [-0.25, -0.2) is 10.4 Å². The summed E-state index contributed by atoms with van der Waals surface area (Å²) in [5.74, 6) is 0. The van der Waals surface area contributed by atoms with Crippen molar-refractivity contribution in [2.24, 2.45) is 5.10 Å². The monoisotopic (exact) mass is 368 g/mol. The number of hydrazone groups is 1. The lowest BCUT2D eigenvalue weighted by Crippen LogP contribution is -3.00. The summed E-state index contributed by atoms with van der Waals surface area (Å²) in [6, 6.07) is 3.90. The summed E-state index contributed by atoms with van der Waals surface area (Å²) in [5.41, 5.74) is 2.80. The summed E-state index contributed by atoms with van der Waals surface area (Å²) in [6.45, 7) is 2.23. The van der Waals surface area contributed by atoms with Crippen LogP contribution in [0.2, 0.25) is 0 Å². The topological polar surface area (TPSA) is 120 Å². The third-order valence-electron chi connectivity index (χ3n) is 4.21. The molecule has 0 bridgehead atoms. The van der Waals surface area contributed by atoms with Crippen LogP contribution < -0.4 is 15.9 Å². The van der Waals surface area contributed by atoms with Crippen molar-refractivity contribution in [2.45, 2.75) is 71.1 Å². The maximum atomic E-state index is 11.2. The van der Waals surface area contributed by atoms with Crippen molar-refractivity contribution in [1.29, 1.82) is 0 Å². The molecule has 2 unspecified atom stereocenters. The molecule has 0 saturated heterocycles. The minimum atomic E-state index is -1.19. The summed E-state index contributed by atoms with van der Waals surface area (Å²) in [5, 5.41) is 41.9. The van der Waals surface area contributed by atoms with Crippen LogP contribution in [0, 0.1) is 10.4 Å². The Labute approximate surface area is 155 Å². The van der Waals surface area contributed by atoms with Gasteiger partial charge >= 0.3 is 0 Å². The van der Waals surface area contributed by atoms with E-state index in [1.807, 2.05) is 0 Å². The van der Waals surface area contributed by atoms with E-state index in [4.69, 9.17) is 5.21 Å². The van der Waals surface area contributed by atoms with Crippen molar-refractivity contribution in [3.8, 4) is 0 Å². The number of quaternary nitrogens is 2. The highest BCUT2D eigenvalue weighted by molar-refractivity contribution is 5.67. The summed E-state index contributed by atoms with van der Waals surface area (Å²) >= 11 is 0. The zero-order valence-corrected chi connectivity index (χ0v) is 15.5. The minimum absolute atomic E-state index is 0.0633. The largest absolute Gasteiger partial charge is 0.595 e. The number of hydrogen-bond donors (Lipinski definition) is 5. The molecule has 0 radical (unpaired) electrons. The first-order valence-electron chi connectivity index (χ1n) is 9.44. The molecule has 0 aliphatic carbocycles. The van der Waals surface area contributed by atoms with Gasteiger partial charge in [0.05, 0.1) is 6.07 Å². The molecule has 8 heteroatoms. The molecule has 1 rings (SSSR count). The molecule has 0 aromatic heterocycles. The van der Waals surface area contributed by atoms with E-state index in [0.29, 0.717) is 0 Å². The van der Waals surface area contributed by atoms with E-state index in [-0.39, 0.29) is 17.1 Å². The summed E-state index contributed by atoms with van der Waals surface area (Å²) in [7, 11) is 0. The second-order valence-corrected chi connectivity index (χ2v) is 6.41. The average molecular weight is 368 g/mol. The van der Waals surface area contributed by atoms with Crippen LogP contribution in [0.1, 0.15) is 71.1 Å². The van der Waals surface area contributed by atoms with Gasteiger partial charge in [-0.3, -0.25) is 5.43 Å². The fourth-order valence-corrected chi connectivity index (χ4v) is 2.68. The quantitative estimate of drug-likeness (QED) is 0.196. The van der Waals surface area contributed by atoms with Gasteiger partial charge in [0.25, 0.3) is 0 Å². The van der Waals surface area contributed by atoms with E-state index in [1.165, 1.54) is 63.5 Å². The summed E-state index contributed by atoms with van der Waals surface area (Å²) in [4.78, 5) is 0. The molecule has 1 aromatic carbocycles. The first-order valence-corrected chi connectivity index (χ1v) is 9.44. The molecule has 0 fully saturated rings. The molecule has 0 saturated carbocycles. The maximum absolute atomic E-state index is 11.2. The van der Waals surface area contributed by atoms with Crippen LogP contribution in [0.5, 0.6) is 0 Å². The molecule has 0 spiro atoms. The zero-order valence-electron chi connectivity index (χ0n) is 15.5. The average Bonchev–Trinajstić information content (AvgIpc) is 2.62. The highest BCUT2D eigenvalue weighted by atomic mass is 16.8. The fraction of sp³-hybridized carbons (Fsp3) is 0.611. The lowest BCUT2D eigenvalue weighted by atomic mass is 10.1. The van der Waals surface area contributed by atoms with Gasteiger partial charge in [-0.05, 0) is 18.9 Å². The third-order valence-corrected chi connectivity index (χ3v) is 4.21. The molecule has 2 atom stereocenters. The van der Waals surface area contributed by atoms with Gasteiger partial charge in [0.1, 0.15) is 5.69 Å². The molecule has 0 heterocycles. The Morgan fingerprint density at radius 2 is 1.58 bits per heavy atom. The molecule has 0 aliphatic heterocycles. The lowest BCUT2D eigenvalue weighted by molar-refractivity contribution is -0.996. The van der Waals surface area contributed by atoms with E-state index < -0.39 is 10.5 Å². The number of nitrogens with zero attached hydrogens (tertiary/aromatic N) is 1. The summed E-state index contributed by atoms with van der Waals surface area (Å²) in [6.07, 6.45) is 14.0. The van der Waals surface area contributed by atoms with Crippen molar-refractivity contribution < 1.29 is 20.9 Å². The van der Waals surface area contributed by atoms with E-state index in [9.17, 15) is 15.6 Å². The lowest BCUT2D eigenvalue weighted by Gasteiger charge is -2.17. The maximum Gasteiger partial charge on any atom is 0.195 e. The third kappa shape index (κ3) is 9.23. The number of unbranched alkanes of at least 4 members (excludes halogenated alkanes) is 9. The standard InChI is InChI=1S/C18H32N4O4/c1-2-3-4-5-6-7-8-9-10-11-14-19-20-17-13-12-16(21(23)24)15-18(17)22(25)26/h12-15,20-23,25H,2-11H2,1H3. The van der Waals surface area contributed by atoms with Gasteiger partial charge < -0.3 is 10.4 Å². The Bertz CT molecular complexity index is 524. The van der Waals surface area contributed by atoms with E-state index in [1.54, 1.807) is 6.21 Å². The van der Waals surface area contributed by atoms with Crippen LogP contribution in [0.4, 0.5) is 17.1 Å². The Balaban J connectivity index is 2.24. The van der Waals surface area contributed by atoms with Crippen LogP contribution in [-0.4, -0.2) is 16.6 Å². The normalized spacial score (nSPS) is 13.9. The Hall–Kier alpha value is -1.55.